The Morgan fingerprint density at radius 1 is 1.26 bits per heavy atom. The number of piperidine rings is 2. The Morgan fingerprint density at radius 2 is 1.97 bits per heavy atom. The Hall–Kier alpha value is -2.40. The minimum Gasteiger partial charge on any atom is -0.481 e. The fourth-order valence-corrected chi connectivity index (χ4v) is 4.91. The summed E-state index contributed by atoms with van der Waals surface area (Å²) in [6, 6.07) is -0.547. The lowest BCUT2D eigenvalue weighted by molar-refractivity contribution is -0.139. The number of rotatable bonds is 8. The SMILES string of the molecule is O=C(O)C[C@@H](NC(=O)[C@@H]1CCCN(C(=O)CCC2CCNCC2)C1)c1ncc(C(F)(F)F)cc1Cl. The van der Waals surface area contributed by atoms with Crippen LogP contribution in [0.25, 0.3) is 0 Å². The van der Waals surface area contributed by atoms with Crippen molar-refractivity contribution < 1.29 is 32.7 Å². The van der Waals surface area contributed by atoms with Gasteiger partial charge in [-0.15, -0.1) is 0 Å². The van der Waals surface area contributed by atoms with Crippen LogP contribution in [0.1, 0.15) is 62.2 Å². The number of pyridine rings is 1. The van der Waals surface area contributed by atoms with Crippen molar-refractivity contribution in [1.82, 2.24) is 20.5 Å². The maximum absolute atomic E-state index is 13.0. The summed E-state index contributed by atoms with van der Waals surface area (Å²) in [4.78, 5) is 42.5. The van der Waals surface area contributed by atoms with Gasteiger partial charge in [0, 0.05) is 25.7 Å². The highest BCUT2D eigenvalue weighted by Gasteiger charge is 2.34. The molecule has 0 aliphatic carbocycles. The van der Waals surface area contributed by atoms with E-state index in [-0.39, 0.29) is 23.2 Å². The van der Waals surface area contributed by atoms with E-state index in [1.165, 1.54) is 0 Å². The maximum atomic E-state index is 13.0. The highest BCUT2D eigenvalue weighted by atomic mass is 35.5. The Balaban J connectivity index is 1.63. The van der Waals surface area contributed by atoms with Crippen molar-refractivity contribution >= 4 is 29.4 Å². The van der Waals surface area contributed by atoms with Crippen molar-refractivity contribution in [2.45, 2.75) is 57.2 Å². The summed E-state index contributed by atoms with van der Waals surface area (Å²) in [5, 5.41) is 14.8. The molecule has 1 aromatic rings. The molecule has 0 aromatic carbocycles. The largest absolute Gasteiger partial charge is 0.481 e. The Labute approximate surface area is 206 Å². The van der Waals surface area contributed by atoms with Gasteiger partial charge in [0.1, 0.15) is 0 Å². The van der Waals surface area contributed by atoms with E-state index in [2.05, 4.69) is 15.6 Å². The van der Waals surface area contributed by atoms with Crippen LogP contribution in [0.4, 0.5) is 13.2 Å². The summed E-state index contributed by atoms with van der Waals surface area (Å²) in [6.45, 7) is 2.69. The molecule has 2 amide bonds. The van der Waals surface area contributed by atoms with Crippen LogP contribution in [-0.2, 0) is 20.6 Å². The fourth-order valence-electron chi connectivity index (χ4n) is 4.61. The Morgan fingerprint density at radius 3 is 2.60 bits per heavy atom. The summed E-state index contributed by atoms with van der Waals surface area (Å²) in [7, 11) is 0. The average molecular weight is 519 g/mol. The van der Waals surface area contributed by atoms with E-state index in [4.69, 9.17) is 11.6 Å². The molecule has 3 rings (SSSR count). The molecule has 0 radical (unpaired) electrons. The molecule has 3 N–H and O–H groups in total. The Bertz CT molecular complexity index is 925. The minimum atomic E-state index is -4.66. The first-order chi connectivity index (χ1) is 16.5. The second-order valence-corrected chi connectivity index (χ2v) is 9.57. The number of hydrogen-bond donors (Lipinski definition) is 3. The number of amides is 2. The molecule has 3 heterocycles. The minimum absolute atomic E-state index is 0.00410. The number of aromatic nitrogens is 1. The standard InChI is InChI=1S/C23H30ClF3N4O4/c24-17-10-16(23(25,26)27)12-29-21(17)18(11-20(33)34)30-22(35)15-2-1-9-31(13-15)19(32)4-3-14-5-7-28-8-6-14/h10,12,14-15,18,28H,1-9,11,13H2,(H,30,35)(H,33,34)/t15-,18-/m1/s1. The smallest absolute Gasteiger partial charge is 0.417 e. The van der Waals surface area contributed by atoms with Crippen molar-refractivity contribution in [3.05, 3.63) is 28.5 Å². The van der Waals surface area contributed by atoms with Crippen molar-refractivity contribution in [2.24, 2.45) is 11.8 Å². The lowest BCUT2D eigenvalue weighted by Gasteiger charge is -2.33. The van der Waals surface area contributed by atoms with Crippen LogP contribution in [0, 0.1) is 11.8 Å². The second kappa shape index (κ2) is 12.0. The molecular weight excluding hydrogens is 489 g/mol. The van der Waals surface area contributed by atoms with Gasteiger partial charge in [0.15, 0.2) is 0 Å². The molecular formula is C23H30ClF3N4O4. The average Bonchev–Trinajstić information content (AvgIpc) is 2.82. The Kier molecular flexibility index (Phi) is 9.34. The number of nitrogens with one attached hydrogen (secondary N) is 2. The van der Waals surface area contributed by atoms with Gasteiger partial charge in [-0.2, -0.15) is 13.2 Å². The third-order valence-corrected chi connectivity index (χ3v) is 6.90. The van der Waals surface area contributed by atoms with Crippen LogP contribution in [0.5, 0.6) is 0 Å². The van der Waals surface area contributed by atoms with Gasteiger partial charge >= 0.3 is 12.1 Å². The van der Waals surface area contributed by atoms with Crippen LogP contribution < -0.4 is 10.6 Å². The molecule has 0 bridgehead atoms. The maximum Gasteiger partial charge on any atom is 0.417 e. The molecule has 0 saturated carbocycles. The summed E-state index contributed by atoms with van der Waals surface area (Å²) in [6.07, 6.45) is -0.238. The van der Waals surface area contributed by atoms with E-state index >= 15 is 0 Å². The van der Waals surface area contributed by atoms with Crippen molar-refractivity contribution in [1.29, 1.82) is 0 Å². The zero-order chi connectivity index (χ0) is 25.6. The van der Waals surface area contributed by atoms with Gasteiger partial charge in [-0.1, -0.05) is 11.6 Å². The number of carboxylic acids is 1. The fraction of sp³-hybridized carbons (Fsp3) is 0.652. The van der Waals surface area contributed by atoms with Gasteiger partial charge in [0.25, 0.3) is 0 Å². The molecule has 2 aliphatic rings. The molecule has 194 valence electrons. The summed E-state index contributed by atoms with van der Waals surface area (Å²) in [5.74, 6) is -1.80. The van der Waals surface area contributed by atoms with Crippen molar-refractivity contribution in [3.8, 4) is 0 Å². The number of aliphatic carboxylic acids is 1. The van der Waals surface area contributed by atoms with E-state index in [0.29, 0.717) is 44.0 Å². The first kappa shape index (κ1) is 27.2. The van der Waals surface area contributed by atoms with Crippen LogP contribution in [0.15, 0.2) is 12.3 Å². The summed E-state index contributed by atoms with van der Waals surface area (Å²) >= 11 is 5.98. The van der Waals surface area contributed by atoms with E-state index in [9.17, 15) is 32.7 Å². The molecule has 0 unspecified atom stereocenters. The number of nitrogens with zero attached hydrogens (tertiary/aromatic N) is 2. The molecule has 2 fully saturated rings. The molecule has 1 aromatic heterocycles. The molecule has 8 nitrogen and oxygen atoms in total. The normalized spacial score (nSPS) is 20.3. The number of halogens is 4. The molecule has 0 spiro atoms. The predicted molar refractivity (Wildman–Crippen MR) is 122 cm³/mol. The van der Waals surface area contributed by atoms with E-state index in [1.807, 2.05) is 0 Å². The van der Waals surface area contributed by atoms with Gasteiger partial charge in [0.05, 0.1) is 34.7 Å². The van der Waals surface area contributed by atoms with Gasteiger partial charge < -0.3 is 20.6 Å². The molecule has 2 saturated heterocycles. The lowest BCUT2D eigenvalue weighted by Crippen LogP contribution is -2.46. The zero-order valence-electron chi connectivity index (χ0n) is 19.2. The molecule has 2 aliphatic heterocycles. The molecule has 2 atom stereocenters. The first-order valence-electron chi connectivity index (χ1n) is 11.8. The van der Waals surface area contributed by atoms with Gasteiger partial charge in [-0.25, -0.2) is 0 Å². The summed E-state index contributed by atoms with van der Waals surface area (Å²) in [5.41, 5.74) is -1.22. The van der Waals surface area contributed by atoms with Crippen molar-refractivity contribution in [2.75, 3.05) is 26.2 Å². The highest BCUT2D eigenvalue weighted by Crippen LogP contribution is 2.33. The molecule has 12 heteroatoms. The van der Waals surface area contributed by atoms with Gasteiger partial charge in [-0.3, -0.25) is 19.4 Å². The highest BCUT2D eigenvalue weighted by molar-refractivity contribution is 6.31. The number of hydrogen-bond acceptors (Lipinski definition) is 5. The third-order valence-electron chi connectivity index (χ3n) is 6.59. The first-order valence-corrected chi connectivity index (χ1v) is 12.2. The molecule has 35 heavy (non-hydrogen) atoms. The van der Waals surface area contributed by atoms with Crippen LogP contribution in [0.3, 0.4) is 0 Å². The van der Waals surface area contributed by atoms with E-state index in [0.717, 1.165) is 32.4 Å². The third kappa shape index (κ3) is 7.79. The van der Waals surface area contributed by atoms with Crippen LogP contribution in [0.2, 0.25) is 5.02 Å². The monoisotopic (exact) mass is 518 g/mol. The predicted octanol–water partition coefficient (Wildman–Crippen LogP) is 3.40. The van der Waals surface area contributed by atoms with Gasteiger partial charge in [0.2, 0.25) is 11.8 Å². The quantitative estimate of drug-likeness (QED) is 0.486. The van der Waals surface area contributed by atoms with E-state index in [1.54, 1.807) is 4.90 Å². The van der Waals surface area contributed by atoms with Crippen LogP contribution in [-0.4, -0.2) is 59.0 Å². The zero-order valence-corrected chi connectivity index (χ0v) is 20.0. The van der Waals surface area contributed by atoms with Crippen LogP contribution >= 0.6 is 11.6 Å². The topological polar surface area (TPSA) is 112 Å². The number of alkyl halides is 3. The number of carbonyl (C=O) groups is 3. The number of likely N-dealkylation sites (tertiary alicyclic amines) is 1. The van der Waals surface area contributed by atoms with Gasteiger partial charge in [-0.05, 0) is 57.2 Å². The van der Waals surface area contributed by atoms with Crippen molar-refractivity contribution in [3.63, 3.8) is 0 Å². The number of carbonyl (C=O) groups excluding carboxylic acids is 2. The lowest BCUT2D eigenvalue weighted by atomic mass is 9.92. The number of carboxylic acid groups (broad SMARTS) is 1. The second-order valence-electron chi connectivity index (χ2n) is 9.16. The summed E-state index contributed by atoms with van der Waals surface area (Å²) < 4.78 is 38.8. The van der Waals surface area contributed by atoms with E-state index < -0.39 is 42.0 Å².